The van der Waals surface area contributed by atoms with E-state index in [9.17, 15) is 4.79 Å². The van der Waals surface area contributed by atoms with Crippen LogP contribution in [0.15, 0.2) is 29.2 Å². The Balaban J connectivity index is 1.89. The molecule has 4 nitrogen and oxygen atoms in total. The number of halogens is 1. The van der Waals surface area contributed by atoms with Gasteiger partial charge in [0.2, 0.25) is 11.0 Å². The molecule has 0 saturated heterocycles. The zero-order valence-electron chi connectivity index (χ0n) is 11.1. The molecule has 1 atom stereocenters. The second-order valence-electron chi connectivity index (χ2n) is 4.21. The van der Waals surface area contributed by atoms with Crippen molar-refractivity contribution in [3.05, 3.63) is 34.8 Å². The van der Waals surface area contributed by atoms with Crippen LogP contribution in [0.2, 0.25) is 0 Å². The molecule has 0 bridgehead atoms. The van der Waals surface area contributed by atoms with Gasteiger partial charge in [0, 0.05) is 4.90 Å². The summed E-state index contributed by atoms with van der Waals surface area (Å²) >= 11 is 8.74. The summed E-state index contributed by atoms with van der Waals surface area (Å²) in [6.07, 6.45) is 0. The topological polar surface area (TPSA) is 54.9 Å². The van der Waals surface area contributed by atoms with Gasteiger partial charge in [-0.1, -0.05) is 29.0 Å². The van der Waals surface area contributed by atoms with Crippen LogP contribution < -0.4 is 5.32 Å². The average molecular weight is 328 g/mol. The van der Waals surface area contributed by atoms with E-state index in [0.29, 0.717) is 5.13 Å². The van der Waals surface area contributed by atoms with E-state index < -0.39 is 5.38 Å². The fraction of sp³-hybridized carbons (Fsp3) is 0.308. The van der Waals surface area contributed by atoms with Crippen LogP contribution in [0.25, 0.3) is 0 Å². The maximum Gasteiger partial charge on any atom is 0.243 e. The van der Waals surface area contributed by atoms with Crippen LogP contribution in [0.3, 0.4) is 0 Å². The van der Waals surface area contributed by atoms with Crippen LogP contribution >= 0.6 is 34.7 Å². The van der Waals surface area contributed by atoms with Crippen LogP contribution in [0.4, 0.5) is 5.13 Å². The van der Waals surface area contributed by atoms with Gasteiger partial charge in [0.1, 0.15) is 10.4 Å². The zero-order chi connectivity index (χ0) is 14.5. The third kappa shape index (κ3) is 4.47. The Hall–Kier alpha value is -1.11. The lowest BCUT2D eigenvalue weighted by Crippen LogP contribution is -2.20. The highest BCUT2D eigenvalue weighted by Crippen LogP contribution is 2.26. The minimum absolute atomic E-state index is 0.263. The molecule has 106 valence electrons. The van der Waals surface area contributed by atoms with Crippen molar-refractivity contribution >= 4 is 45.7 Å². The molecule has 0 aliphatic rings. The van der Waals surface area contributed by atoms with E-state index in [-0.39, 0.29) is 5.91 Å². The summed E-state index contributed by atoms with van der Waals surface area (Å²) in [5.74, 6) is 0.466. The molecular formula is C13H14ClN3OS2. The van der Waals surface area contributed by atoms with Gasteiger partial charge in [-0.2, -0.15) is 0 Å². The molecule has 1 aromatic heterocycles. The van der Waals surface area contributed by atoms with Crippen molar-refractivity contribution in [3.63, 3.8) is 0 Å². The number of carbonyl (C=O) groups excluding carboxylic acids is 1. The van der Waals surface area contributed by atoms with E-state index in [0.717, 1.165) is 10.8 Å². The number of hydrogen-bond acceptors (Lipinski definition) is 5. The minimum Gasteiger partial charge on any atom is -0.299 e. The maximum atomic E-state index is 11.4. The summed E-state index contributed by atoms with van der Waals surface area (Å²) in [5, 5.41) is 11.4. The molecule has 1 N–H and O–H groups in total. The van der Waals surface area contributed by atoms with Crippen LogP contribution in [0, 0.1) is 6.92 Å². The number of nitrogens with one attached hydrogen (secondary N) is 1. The summed E-state index contributed by atoms with van der Waals surface area (Å²) in [6.45, 7) is 3.68. The van der Waals surface area contributed by atoms with Gasteiger partial charge in [0.05, 0.1) is 5.75 Å². The number of aromatic nitrogens is 2. The van der Waals surface area contributed by atoms with E-state index >= 15 is 0 Å². The van der Waals surface area contributed by atoms with Crippen molar-refractivity contribution in [1.29, 1.82) is 0 Å². The normalized spacial score (nSPS) is 12.2. The average Bonchev–Trinajstić information content (AvgIpc) is 2.85. The molecular weight excluding hydrogens is 314 g/mol. The van der Waals surface area contributed by atoms with Crippen LogP contribution in [0.5, 0.6) is 0 Å². The molecule has 0 saturated carbocycles. The molecule has 1 amide bonds. The predicted octanol–water partition coefficient (Wildman–Crippen LogP) is 3.70. The summed E-state index contributed by atoms with van der Waals surface area (Å²) < 4.78 is 0. The summed E-state index contributed by atoms with van der Waals surface area (Å²) in [7, 11) is 0. The number of rotatable bonds is 5. The molecule has 7 heteroatoms. The Morgan fingerprint density at radius 2 is 2.10 bits per heavy atom. The van der Waals surface area contributed by atoms with Crippen LogP contribution in [-0.4, -0.2) is 21.5 Å². The van der Waals surface area contributed by atoms with Crippen molar-refractivity contribution < 1.29 is 4.79 Å². The number of alkyl halides is 1. The molecule has 20 heavy (non-hydrogen) atoms. The van der Waals surface area contributed by atoms with Gasteiger partial charge >= 0.3 is 0 Å². The highest BCUT2D eigenvalue weighted by atomic mass is 35.5. The second kappa shape index (κ2) is 7.06. The van der Waals surface area contributed by atoms with E-state index in [2.05, 4.69) is 46.7 Å². The first kappa shape index (κ1) is 15.3. The number of thioether (sulfide) groups is 1. The van der Waals surface area contributed by atoms with Crippen molar-refractivity contribution in [2.75, 3.05) is 5.32 Å². The molecule has 1 heterocycles. The lowest BCUT2D eigenvalue weighted by Gasteiger charge is -2.01. The van der Waals surface area contributed by atoms with E-state index in [1.54, 1.807) is 18.7 Å². The van der Waals surface area contributed by atoms with Crippen molar-refractivity contribution in [2.24, 2.45) is 0 Å². The molecule has 0 aliphatic heterocycles. The third-order valence-electron chi connectivity index (χ3n) is 2.44. The minimum atomic E-state index is -0.579. The number of aryl methyl sites for hydroxylation is 1. The number of carbonyl (C=O) groups is 1. The summed E-state index contributed by atoms with van der Waals surface area (Å²) in [5.41, 5.74) is 1.24. The number of hydrogen-bond donors (Lipinski definition) is 1. The van der Waals surface area contributed by atoms with E-state index in [1.807, 2.05) is 0 Å². The van der Waals surface area contributed by atoms with Gasteiger partial charge in [-0.25, -0.2) is 0 Å². The Morgan fingerprint density at radius 1 is 1.40 bits per heavy atom. The van der Waals surface area contributed by atoms with Gasteiger partial charge in [-0.3, -0.25) is 10.1 Å². The first-order chi connectivity index (χ1) is 9.54. The quantitative estimate of drug-likeness (QED) is 0.672. The van der Waals surface area contributed by atoms with Gasteiger partial charge in [-0.15, -0.1) is 33.6 Å². The maximum absolute atomic E-state index is 11.4. The first-order valence-corrected chi connectivity index (χ1v) is 8.25. The third-order valence-corrected chi connectivity index (χ3v) is 4.68. The van der Waals surface area contributed by atoms with E-state index in [1.165, 1.54) is 21.8 Å². The van der Waals surface area contributed by atoms with E-state index in [4.69, 9.17) is 11.6 Å². The van der Waals surface area contributed by atoms with Gasteiger partial charge in [0.15, 0.2) is 0 Å². The number of benzene rings is 1. The van der Waals surface area contributed by atoms with Gasteiger partial charge in [0.25, 0.3) is 0 Å². The van der Waals surface area contributed by atoms with Crippen molar-refractivity contribution in [3.8, 4) is 0 Å². The molecule has 0 spiro atoms. The van der Waals surface area contributed by atoms with Gasteiger partial charge in [-0.05, 0) is 26.0 Å². The summed E-state index contributed by atoms with van der Waals surface area (Å²) in [6, 6.07) is 8.32. The monoisotopic (exact) mass is 327 g/mol. The Bertz CT molecular complexity index is 584. The SMILES string of the molecule is Cc1ccc(SCc2nnc(NC(=O)C(C)Cl)s2)cc1. The Morgan fingerprint density at radius 3 is 2.75 bits per heavy atom. The number of nitrogens with zero attached hydrogens (tertiary/aromatic N) is 2. The standard InChI is InChI=1S/C13H14ClN3OS2/c1-8-3-5-10(6-4-8)19-7-11-16-17-13(20-11)15-12(18)9(2)14/h3-6,9H,7H2,1-2H3,(H,15,17,18). The highest BCUT2D eigenvalue weighted by Gasteiger charge is 2.12. The molecule has 2 aromatic rings. The first-order valence-electron chi connectivity index (χ1n) is 6.01. The predicted molar refractivity (Wildman–Crippen MR) is 84.6 cm³/mol. The largest absolute Gasteiger partial charge is 0.299 e. The Labute approximate surface area is 130 Å². The molecule has 0 aliphatic carbocycles. The molecule has 0 radical (unpaired) electrons. The smallest absolute Gasteiger partial charge is 0.243 e. The molecule has 0 fully saturated rings. The molecule has 1 aromatic carbocycles. The lowest BCUT2D eigenvalue weighted by atomic mass is 10.2. The van der Waals surface area contributed by atoms with Crippen molar-refractivity contribution in [1.82, 2.24) is 10.2 Å². The van der Waals surface area contributed by atoms with Crippen LogP contribution in [-0.2, 0) is 10.5 Å². The number of amides is 1. The lowest BCUT2D eigenvalue weighted by molar-refractivity contribution is -0.115. The van der Waals surface area contributed by atoms with Crippen molar-refractivity contribution in [2.45, 2.75) is 29.9 Å². The fourth-order valence-corrected chi connectivity index (χ4v) is 3.03. The highest BCUT2D eigenvalue weighted by molar-refractivity contribution is 7.98. The zero-order valence-corrected chi connectivity index (χ0v) is 13.5. The number of anilines is 1. The molecule has 2 rings (SSSR count). The Kier molecular flexibility index (Phi) is 5.39. The fourth-order valence-electron chi connectivity index (χ4n) is 1.35. The van der Waals surface area contributed by atoms with Gasteiger partial charge < -0.3 is 0 Å². The summed E-state index contributed by atoms with van der Waals surface area (Å²) in [4.78, 5) is 12.6. The second-order valence-corrected chi connectivity index (χ2v) is 6.97. The molecule has 1 unspecified atom stereocenters. The van der Waals surface area contributed by atoms with Crippen LogP contribution in [0.1, 0.15) is 17.5 Å².